The minimum Gasteiger partial charge on any atom is -0.438 e. The summed E-state index contributed by atoms with van der Waals surface area (Å²) in [6.45, 7) is 0. The van der Waals surface area contributed by atoms with Crippen molar-refractivity contribution in [2.75, 3.05) is 0 Å². The molecule has 2 aromatic carbocycles. The summed E-state index contributed by atoms with van der Waals surface area (Å²) in [6, 6.07) is 17.1. The standard InChI is InChI=1S/C21H15F3N2O3/c22-21(23,24)28-17-8-6-15(7-9-17)19-11-20(26-29-19)27-18-10-16(12-25-13-18)14-4-2-1-3-5-14/h1-10,12-13,19H,11H2/t19-/m1/s1. The van der Waals surface area contributed by atoms with E-state index in [0.29, 0.717) is 23.6 Å². The largest absolute Gasteiger partial charge is 0.573 e. The van der Waals surface area contributed by atoms with E-state index in [4.69, 9.17) is 9.57 Å². The van der Waals surface area contributed by atoms with Gasteiger partial charge >= 0.3 is 6.36 Å². The summed E-state index contributed by atoms with van der Waals surface area (Å²) < 4.78 is 46.4. The maximum Gasteiger partial charge on any atom is 0.573 e. The fraction of sp³-hybridized carbons (Fsp3) is 0.143. The fourth-order valence-electron chi connectivity index (χ4n) is 2.88. The maximum atomic E-state index is 12.3. The van der Waals surface area contributed by atoms with Crippen molar-refractivity contribution in [3.05, 3.63) is 78.6 Å². The van der Waals surface area contributed by atoms with E-state index in [9.17, 15) is 13.2 Å². The molecule has 148 valence electrons. The predicted molar refractivity (Wildman–Crippen MR) is 99.3 cm³/mol. The summed E-state index contributed by atoms with van der Waals surface area (Å²) in [5, 5.41) is 3.93. The first-order valence-electron chi connectivity index (χ1n) is 8.73. The van der Waals surface area contributed by atoms with Crippen molar-refractivity contribution in [1.82, 2.24) is 4.98 Å². The van der Waals surface area contributed by atoms with Crippen LogP contribution in [0.4, 0.5) is 13.2 Å². The zero-order valence-corrected chi connectivity index (χ0v) is 15.0. The molecular weight excluding hydrogens is 385 g/mol. The van der Waals surface area contributed by atoms with Crippen LogP contribution in [0, 0.1) is 0 Å². The first-order valence-corrected chi connectivity index (χ1v) is 8.73. The van der Waals surface area contributed by atoms with Crippen molar-refractivity contribution < 1.29 is 27.5 Å². The van der Waals surface area contributed by atoms with E-state index < -0.39 is 12.5 Å². The van der Waals surface area contributed by atoms with Crippen LogP contribution in [0.2, 0.25) is 0 Å². The van der Waals surface area contributed by atoms with E-state index in [1.165, 1.54) is 24.3 Å². The Hall–Kier alpha value is -3.55. The van der Waals surface area contributed by atoms with Crippen LogP contribution in [0.15, 0.2) is 78.2 Å². The Morgan fingerprint density at radius 1 is 0.897 bits per heavy atom. The molecule has 0 aliphatic carbocycles. The number of ether oxygens (including phenoxy) is 2. The highest BCUT2D eigenvalue weighted by atomic mass is 19.4. The Bertz CT molecular complexity index is 1010. The minimum absolute atomic E-state index is 0.291. The van der Waals surface area contributed by atoms with Gasteiger partial charge in [-0.15, -0.1) is 13.2 Å². The van der Waals surface area contributed by atoms with Gasteiger partial charge < -0.3 is 14.3 Å². The molecule has 0 fully saturated rings. The molecule has 0 unspecified atom stereocenters. The van der Waals surface area contributed by atoms with Crippen molar-refractivity contribution in [2.24, 2.45) is 5.16 Å². The van der Waals surface area contributed by atoms with Gasteiger partial charge in [0.2, 0.25) is 5.90 Å². The van der Waals surface area contributed by atoms with Crippen molar-refractivity contribution in [1.29, 1.82) is 0 Å². The highest BCUT2D eigenvalue weighted by molar-refractivity contribution is 5.80. The van der Waals surface area contributed by atoms with Gasteiger partial charge in [-0.25, -0.2) is 0 Å². The topological polar surface area (TPSA) is 52.9 Å². The number of hydrogen-bond acceptors (Lipinski definition) is 5. The van der Waals surface area contributed by atoms with E-state index in [1.54, 1.807) is 12.4 Å². The van der Waals surface area contributed by atoms with Gasteiger partial charge in [0.1, 0.15) is 11.5 Å². The number of rotatable bonds is 4. The Kier molecular flexibility index (Phi) is 5.07. The molecule has 0 bridgehead atoms. The lowest BCUT2D eigenvalue weighted by Crippen LogP contribution is -2.17. The normalized spacial score (nSPS) is 16.1. The zero-order valence-electron chi connectivity index (χ0n) is 15.0. The molecule has 5 nitrogen and oxygen atoms in total. The van der Waals surface area contributed by atoms with Gasteiger partial charge in [0.05, 0.1) is 12.6 Å². The molecule has 0 saturated heterocycles. The number of nitrogens with zero attached hydrogens (tertiary/aromatic N) is 2. The van der Waals surface area contributed by atoms with Gasteiger partial charge in [-0.1, -0.05) is 47.6 Å². The summed E-state index contributed by atoms with van der Waals surface area (Å²) in [5.41, 5.74) is 2.58. The molecule has 4 rings (SSSR count). The first-order chi connectivity index (χ1) is 14.0. The third kappa shape index (κ3) is 4.84. The van der Waals surface area contributed by atoms with Crippen molar-refractivity contribution in [3.8, 4) is 22.6 Å². The molecule has 29 heavy (non-hydrogen) atoms. The lowest BCUT2D eigenvalue weighted by Gasteiger charge is -2.11. The smallest absolute Gasteiger partial charge is 0.438 e. The monoisotopic (exact) mass is 400 g/mol. The molecule has 2 heterocycles. The molecule has 0 radical (unpaired) electrons. The number of benzene rings is 2. The Labute approximate surface area is 164 Å². The Morgan fingerprint density at radius 3 is 2.38 bits per heavy atom. The van der Waals surface area contributed by atoms with Crippen LogP contribution in [0.1, 0.15) is 18.1 Å². The molecule has 0 amide bonds. The van der Waals surface area contributed by atoms with E-state index in [1.807, 2.05) is 36.4 Å². The maximum absolute atomic E-state index is 12.3. The van der Waals surface area contributed by atoms with Crippen LogP contribution < -0.4 is 9.47 Å². The number of aromatic nitrogens is 1. The number of alkyl halides is 3. The SMILES string of the molecule is FC(F)(F)Oc1ccc([C@H]2CC(Oc3cncc(-c4ccccc4)c3)=NO2)cc1. The molecule has 1 aliphatic rings. The summed E-state index contributed by atoms with van der Waals surface area (Å²) in [4.78, 5) is 9.55. The number of oxime groups is 1. The highest BCUT2D eigenvalue weighted by Gasteiger charge is 2.31. The van der Waals surface area contributed by atoms with E-state index >= 15 is 0 Å². The van der Waals surface area contributed by atoms with Crippen LogP contribution >= 0.6 is 0 Å². The van der Waals surface area contributed by atoms with Crippen molar-refractivity contribution >= 4 is 5.90 Å². The second-order valence-corrected chi connectivity index (χ2v) is 6.28. The minimum atomic E-state index is -4.72. The van der Waals surface area contributed by atoms with Crippen LogP contribution in [0.3, 0.4) is 0 Å². The molecule has 3 aromatic rings. The van der Waals surface area contributed by atoms with Gasteiger partial charge in [-0.3, -0.25) is 4.98 Å². The number of hydrogen-bond donors (Lipinski definition) is 0. The van der Waals surface area contributed by atoms with Gasteiger partial charge in [0, 0.05) is 11.8 Å². The average molecular weight is 400 g/mol. The van der Waals surface area contributed by atoms with Crippen LogP contribution in [-0.4, -0.2) is 17.2 Å². The lowest BCUT2D eigenvalue weighted by atomic mass is 10.1. The molecule has 1 aromatic heterocycles. The van der Waals surface area contributed by atoms with Gasteiger partial charge in [0.25, 0.3) is 0 Å². The second-order valence-electron chi connectivity index (χ2n) is 6.28. The van der Waals surface area contributed by atoms with Crippen molar-refractivity contribution in [2.45, 2.75) is 18.9 Å². The van der Waals surface area contributed by atoms with Crippen LogP contribution in [0.5, 0.6) is 11.5 Å². The molecule has 8 heteroatoms. The third-order valence-corrected chi connectivity index (χ3v) is 4.18. The molecule has 1 aliphatic heterocycles. The molecule has 0 saturated carbocycles. The van der Waals surface area contributed by atoms with E-state index in [0.717, 1.165) is 11.1 Å². The lowest BCUT2D eigenvalue weighted by molar-refractivity contribution is -0.274. The average Bonchev–Trinajstić information content (AvgIpc) is 3.17. The van der Waals surface area contributed by atoms with Gasteiger partial charge in [0.15, 0.2) is 6.10 Å². The zero-order chi connectivity index (χ0) is 20.3. The fourth-order valence-corrected chi connectivity index (χ4v) is 2.88. The second kappa shape index (κ2) is 7.83. The molecular formula is C21H15F3N2O3. The van der Waals surface area contributed by atoms with E-state index in [-0.39, 0.29) is 5.75 Å². The Morgan fingerprint density at radius 2 is 1.66 bits per heavy atom. The molecule has 0 N–H and O–H groups in total. The number of halogens is 3. The summed E-state index contributed by atoms with van der Waals surface area (Å²) >= 11 is 0. The third-order valence-electron chi connectivity index (χ3n) is 4.18. The molecule has 1 atom stereocenters. The summed E-state index contributed by atoms with van der Waals surface area (Å²) in [5.74, 6) is 0.585. The number of pyridine rings is 1. The van der Waals surface area contributed by atoms with E-state index in [2.05, 4.69) is 14.9 Å². The van der Waals surface area contributed by atoms with Crippen LogP contribution in [-0.2, 0) is 4.84 Å². The predicted octanol–water partition coefficient (Wildman–Crippen LogP) is 5.50. The Balaban J connectivity index is 1.39. The van der Waals surface area contributed by atoms with Crippen LogP contribution in [0.25, 0.3) is 11.1 Å². The van der Waals surface area contributed by atoms with Gasteiger partial charge in [-0.05, 0) is 29.3 Å². The highest BCUT2D eigenvalue weighted by Crippen LogP contribution is 2.31. The quantitative estimate of drug-likeness (QED) is 0.580. The van der Waals surface area contributed by atoms with Crippen molar-refractivity contribution in [3.63, 3.8) is 0 Å². The van der Waals surface area contributed by atoms with Gasteiger partial charge in [-0.2, -0.15) is 0 Å². The summed E-state index contributed by atoms with van der Waals surface area (Å²) in [7, 11) is 0. The molecule has 0 spiro atoms. The summed E-state index contributed by atoms with van der Waals surface area (Å²) in [6.07, 6.45) is -1.52. The first kappa shape index (κ1) is 18.8.